The van der Waals surface area contributed by atoms with Gasteiger partial charge in [0, 0.05) is 26.2 Å². The van der Waals surface area contributed by atoms with Crippen molar-refractivity contribution in [3.8, 4) is 5.75 Å². The molecule has 148 valence electrons. The summed E-state index contributed by atoms with van der Waals surface area (Å²) >= 11 is 0. The molecule has 5 nitrogen and oxygen atoms in total. The number of ether oxygens (including phenoxy) is 1. The predicted octanol–water partition coefficient (Wildman–Crippen LogP) is 2.99. The van der Waals surface area contributed by atoms with Gasteiger partial charge in [-0.05, 0) is 49.1 Å². The maximum Gasteiger partial charge on any atom is 0.260 e. The molecule has 1 aliphatic rings. The molecule has 0 N–H and O–H groups in total. The Hall–Kier alpha value is -2.82. The molecule has 1 saturated heterocycles. The second-order valence-electron chi connectivity index (χ2n) is 7.31. The highest BCUT2D eigenvalue weighted by Crippen LogP contribution is 2.16. The van der Waals surface area contributed by atoms with Crippen molar-refractivity contribution in [2.45, 2.75) is 26.7 Å². The Balaban J connectivity index is 1.49. The van der Waals surface area contributed by atoms with Gasteiger partial charge in [0.25, 0.3) is 5.91 Å². The first-order valence-electron chi connectivity index (χ1n) is 9.82. The molecular formula is C23H28N2O3. The Morgan fingerprint density at radius 2 is 1.54 bits per heavy atom. The zero-order valence-corrected chi connectivity index (χ0v) is 16.7. The first-order valence-corrected chi connectivity index (χ1v) is 9.82. The van der Waals surface area contributed by atoms with Gasteiger partial charge in [-0.3, -0.25) is 9.59 Å². The first-order chi connectivity index (χ1) is 13.5. The highest BCUT2D eigenvalue weighted by atomic mass is 16.5. The van der Waals surface area contributed by atoms with Gasteiger partial charge in [-0.15, -0.1) is 0 Å². The number of nitrogens with zero attached hydrogens (tertiary/aromatic N) is 2. The number of aryl methyl sites for hydroxylation is 2. The van der Waals surface area contributed by atoms with Gasteiger partial charge in [-0.1, -0.05) is 36.4 Å². The Kier molecular flexibility index (Phi) is 6.69. The standard InChI is InChI=1S/C23H28N2O3/c1-18-9-10-21(15-19(18)2)28-17-23(27)25-12-6-11-24(13-14-25)22(26)16-20-7-4-3-5-8-20/h3-5,7-10,15H,6,11-14,16-17H2,1-2H3. The zero-order valence-electron chi connectivity index (χ0n) is 16.7. The average molecular weight is 380 g/mol. The van der Waals surface area contributed by atoms with E-state index in [1.165, 1.54) is 5.56 Å². The molecule has 2 aromatic rings. The van der Waals surface area contributed by atoms with Crippen molar-refractivity contribution >= 4 is 11.8 Å². The number of hydrogen-bond donors (Lipinski definition) is 0. The van der Waals surface area contributed by atoms with Crippen molar-refractivity contribution in [2.75, 3.05) is 32.8 Å². The molecule has 5 heteroatoms. The summed E-state index contributed by atoms with van der Waals surface area (Å²) < 4.78 is 5.68. The summed E-state index contributed by atoms with van der Waals surface area (Å²) in [5.74, 6) is 0.799. The van der Waals surface area contributed by atoms with E-state index in [-0.39, 0.29) is 18.4 Å². The molecule has 0 radical (unpaired) electrons. The van der Waals surface area contributed by atoms with Crippen molar-refractivity contribution in [1.29, 1.82) is 0 Å². The number of hydrogen-bond acceptors (Lipinski definition) is 3. The summed E-state index contributed by atoms with van der Waals surface area (Å²) in [7, 11) is 0. The summed E-state index contributed by atoms with van der Waals surface area (Å²) in [4.78, 5) is 28.8. The predicted molar refractivity (Wildman–Crippen MR) is 109 cm³/mol. The fraction of sp³-hybridized carbons (Fsp3) is 0.391. The average Bonchev–Trinajstić information content (AvgIpc) is 2.96. The molecule has 1 heterocycles. The van der Waals surface area contributed by atoms with E-state index in [1.807, 2.05) is 67.3 Å². The van der Waals surface area contributed by atoms with Gasteiger partial charge in [0.15, 0.2) is 6.61 Å². The van der Waals surface area contributed by atoms with Crippen LogP contribution in [0.3, 0.4) is 0 Å². The normalized spacial score (nSPS) is 14.5. The number of carbonyl (C=O) groups is 2. The molecule has 1 aliphatic heterocycles. The highest BCUT2D eigenvalue weighted by Gasteiger charge is 2.22. The fourth-order valence-electron chi connectivity index (χ4n) is 3.34. The molecule has 0 atom stereocenters. The van der Waals surface area contributed by atoms with Gasteiger partial charge in [0.2, 0.25) is 5.91 Å². The quantitative estimate of drug-likeness (QED) is 0.801. The number of carbonyl (C=O) groups excluding carboxylic acids is 2. The molecule has 0 aromatic heterocycles. The van der Waals surface area contributed by atoms with E-state index in [1.54, 1.807) is 4.90 Å². The molecule has 28 heavy (non-hydrogen) atoms. The van der Waals surface area contributed by atoms with E-state index in [4.69, 9.17) is 4.74 Å². The van der Waals surface area contributed by atoms with Crippen LogP contribution in [0.1, 0.15) is 23.1 Å². The van der Waals surface area contributed by atoms with E-state index < -0.39 is 0 Å². The third kappa shape index (κ3) is 5.35. The molecule has 0 unspecified atom stereocenters. The highest BCUT2D eigenvalue weighted by molar-refractivity contribution is 5.80. The summed E-state index contributed by atoms with van der Waals surface area (Å²) in [5, 5.41) is 0. The van der Waals surface area contributed by atoms with Gasteiger partial charge in [-0.25, -0.2) is 0 Å². The molecular weight excluding hydrogens is 352 g/mol. The summed E-state index contributed by atoms with van der Waals surface area (Å²) in [6.07, 6.45) is 1.20. The third-order valence-corrected chi connectivity index (χ3v) is 5.24. The molecule has 0 aliphatic carbocycles. The van der Waals surface area contributed by atoms with Crippen LogP contribution in [-0.2, 0) is 16.0 Å². The van der Waals surface area contributed by atoms with Crippen LogP contribution < -0.4 is 4.74 Å². The SMILES string of the molecule is Cc1ccc(OCC(=O)N2CCCN(C(=O)Cc3ccccc3)CC2)cc1C. The summed E-state index contributed by atoms with van der Waals surface area (Å²) in [5.41, 5.74) is 3.37. The molecule has 2 amide bonds. The van der Waals surface area contributed by atoms with Crippen LogP contribution in [0.5, 0.6) is 5.75 Å². The number of benzene rings is 2. The van der Waals surface area contributed by atoms with Crippen LogP contribution in [0.2, 0.25) is 0 Å². The molecule has 3 rings (SSSR count). The molecule has 0 spiro atoms. The molecule has 1 fully saturated rings. The van der Waals surface area contributed by atoms with Gasteiger partial charge < -0.3 is 14.5 Å². The van der Waals surface area contributed by atoms with Crippen molar-refractivity contribution in [1.82, 2.24) is 9.80 Å². The maximum atomic E-state index is 12.6. The van der Waals surface area contributed by atoms with E-state index in [0.717, 1.165) is 17.5 Å². The van der Waals surface area contributed by atoms with Crippen molar-refractivity contribution in [2.24, 2.45) is 0 Å². The van der Waals surface area contributed by atoms with Crippen molar-refractivity contribution in [3.05, 3.63) is 65.2 Å². The lowest BCUT2D eigenvalue weighted by Gasteiger charge is -2.22. The Morgan fingerprint density at radius 1 is 0.857 bits per heavy atom. The smallest absolute Gasteiger partial charge is 0.260 e. The lowest BCUT2D eigenvalue weighted by molar-refractivity contribution is -0.134. The maximum absolute atomic E-state index is 12.6. The molecule has 0 saturated carbocycles. The van der Waals surface area contributed by atoms with E-state index in [0.29, 0.717) is 38.3 Å². The lowest BCUT2D eigenvalue weighted by Crippen LogP contribution is -2.39. The second kappa shape index (κ2) is 9.40. The first kappa shape index (κ1) is 19.9. The Bertz CT molecular complexity index is 820. The van der Waals surface area contributed by atoms with Crippen molar-refractivity contribution < 1.29 is 14.3 Å². The number of amides is 2. The van der Waals surface area contributed by atoms with Gasteiger partial charge in [0.1, 0.15) is 5.75 Å². The minimum atomic E-state index is -0.0319. The minimum absolute atomic E-state index is 0.0282. The van der Waals surface area contributed by atoms with E-state index >= 15 is 0 Å². The van der Waals surface area contributed by atoms with Gasteiger partial charge in [0.05, 0.1) is 6.42 Å². The monoisotopic (exact) mass is 380 g/mol. The number of rotatable bonds is 5. The van der Waals surface area contributed by atoms with Gasteiger partial charge in [-0.2, -0.15) is 0 Å². The second-order valence-corrected chi connectivity index (χ2v) is 7.31. The topological polar surface area (TPSA) is 49.9 Å². The van der Waals surface area contributed by atoms with Crippen LogP contribution >= 0.6 is 0 Å². The lowest BCUT2D eigenvalue weighted by atomic mass is 10.1. The molecule has 2 aromatic carbocycles. The summed E-state index contributed by atoms with van der Waals surface area (Å²) in [6.45, 7) is 6.57. The van der Waals surface area contributed by atoms with Crippen LogP contribution in [0.15, 0.2) is 48.5 Å². The third-order valence-electron chi connectivity index (χ3n) is 5.24. The van der Waals surface area contributed by atoms with E-state index in [2.05, 4.69) is 0 Å². The largest absolute Gasteiger partial charge is 0.484 e. The summed E-state index contributed by atoms with van der Waals surface area (Å²) in [6, 6.07) is 15.6. The Labute approximate surface area is 166 Å². The fourth-order valence-corrected chi connectivity index (χ4v) is 3.34. The van der Waals surface area contributed by atoms with E-state index in [9.17, 15) is 9.59 Å². The zero-order chi connectivity index (χ0) is 19.9. The minimum Gasteiger partial charge on any atom is -0.484 e. The molecule has 0 bridgehead atoms. The van der Waals surface area contributed by atoms with Crippen LogP contribution in [-0.4, -0.2) is 54.4 Å². The van der Waals surface area contributed by atoms with Gasteiger partial charge >= 0.3 is 0 Å². The van der Waals surface area contributed by atoms with Crippen molar-refractivity contribution in [3.63, 3.8) is 0 Å². The van der Waals surface area contributed by atoms with Crippen LogP contribution in [0.4, 0.5) is 0 Å². The Morgan fingerprint density at radius 3 is 2.21 bits per heavy atom. The van der Waals surface area contributed by atoms with Crippen LogP contribution in [0.25, 0.3) is 0 Å². The van der Waals surface area contributed by atoms with Crippen LogP contribution in [0, 0.1) is 13.8 Å².